The summed E-state index contributed by atoms with van der Waals surface area (Å²) in [5, 5.41) is 1.18. The minimum absolute atomic E-state index is 0.647. The summed E-state index contributed by atoms with van der Waals surface area (Å²) in [6.45, 7) is 2.16. The maximum absolute atomic E-state index is 3.62. The van der Waals surface area contributed by atoms with E-state index < -0.39 is 0 Å². The quantitative estimate of drug-likeness (QED) is 0.722. The van der Waals surface area contributed by atoms with E-state index in [1.165, 1.54) is 35.1 Å². The molecule has 0 radical (unpaired) electrons. The van der Waals surface area contributed by atoms with Crippen molar-refractivity contribution < 1.29 is 0 Å². The lowest BCUT2D eigenvalue weighted by atomic mass is 10.2. The first kappa shape index (κ1) is 11.5. The third-order valence-corrected chi connectivity index (χ3v) is 5.54. The molecule has 0 amide bonds. The lowest BCUT2D eigenvalue weighted by molar-refractivity contribution is 0.686. The van der Waals surface area contributed by atoms with Crippen molar-refractivity contribution in [1.29, 1.82) is 0 Å². The van der Waals surface area contributed by atoms with Crippen molar-refractivity contribution in [2.75, 3.05) is 11.1 Å². The van der Waals surface area contributed by atoms with E-state index in [2.05, 4.69) is 58.9 Å². The highest BCUT2D eigenvalue weighted by atomic mass is 79.9. The number of thioether (sulfide) groups is 1. The van der Waals surface area contributed by atoms with Crippen LogP contribution in [0.1, 0.15) is 24.0 Å². The van der Waals surface area contributed by atoms with Gasteiger partial charge in [-0.2, -0.15) is 11.8 Å². The topological polar surface area (TPSA) is 0 Å². The number of rotatable bonds is 5. The molecule has 1 saturated carbocycles. The van der Waals surface area contributed by atoms with Crippen LogP contribution < -0.4 is 0 Å². The third-order valence-electron chi connectivity index (χ3n) is 3.00. The molecule has 0 spiro atoms. The molecule has 0 atom stereocenters. The molecule has 2 rings (SSSR count). The monoisotopic (exact) mass is 284 g/mol. The highest BCUT2D eigenvalue weighted by Crippen LogP contribution is 2.49. The van der Waals surface area contributed by atoms with Gasteiger partial charge in [0.05, 0.1) is 0 Å². The van der Waals surface area contributed by atoms with E-state index in [0.717, 1.165) is 5.75 Å². The smallest absolute Gasteiger partial charge is 0.0184 e. The molecule has 1 fully saturated rings. The summed E-state index contributed by atoms with van der Waals surface area (Å²) in [7, 11) is 0. The molecule has 0 heterocycles. The average molecular weight is 285 g/mol. The van der Waals surface area contributed by atoms with Crippen LogP contribution in [-0.4, -0.2) is 11.1 Å². The van der Waals surface area contributed by atoms with E-state index in [4.69, 9.17) is 0 Å². The van der Waals surface area contributed by atoms with E-state index >= 15 is 0 Å². The van der Waals surface area contributed by atoms with E-state index in [-0.39, 0.29) is 0 Å². The third kappa shape index (κ3) is 3.25. The molecule has 0 aromatic heterocycles. The van der Waals surface area contributed by atoms with Crippen LogP contribution in [0, 0.1) is 12.3 Å². The molecule has 1 aromatic carbocycles. The van der Waals surface area contributed by atoms with Gasteiger partial charge < -0.3 is 0 Å². The Hall–Kier alpha value is 0.0500. The summed E-state index contributed by atoms with van der Waals surface area (Å²) in [5.74, 6) is 2.47. The zero-order chi connectivity index (χ0) is 10.7. The number of aryl methyl sites for hydroxylation is 1. The van der Waals surface area contributed by atoms with Gasteiger partial charge in [-0.25, -0.2) is 0 Å². The average Bonchev–Trinajstić information content (AvgIpc) is 2.99. The summed E-state index contributed by atoms with van der Waals surface area (Å²) >= 11 is 5.70. The minimum Gasteiger partial charge on any atom is -0.157 e. The number of alkyl halides is 1. The molecule has 82 valence electrons. The molecule has 15 heavy (non-hydrogen) atoms. The second-order valence-corrected chi connectivity index (χ2v) is 6.16. The molecule has 0 unspecified atom stereocenters. The standard InChI is InChI=1S/C13H17BrS/c1-11-3-2-4-12(7-11)8-15-10-13(9-14)5-6-13/h2-4,7H,5-6,8-10H2,1H3. The molecule has 0 nitrogen and oxygen atoms in total. The first-order valence-electron chi connectivity index (χ1n) is 5.43. The molecule has 0 N–H and O–H groups in total. The van der Waals surface area contributed by atoms with Crippen molar-refractivity contribution in [2.24, 2.45) is 5.41 Å². The van der Waals surface area contributed by atoms with Gasteiger partial charge in [0.1, 0.15) is 0 Å². The van der Waals surface area contributed by atoms with Gasteiger partial charge in [0.15, 0.2) is 0 Å². The van der Waals surface area contributed by atoms with Gasteiger partial charge in [-0.3, -0.25) is 0 Å². The van der Waals surface area contributed by atoms with Gasteiger partial charge in [-0.05, 0) is 30.7 Å². The van der Waals surface area contributed by atoms with Gasteiger partial charge in [0.25, 0.3) is 0 Å². The zero-order valence-corrected chi connectivity index (χ0v) is 11.5. The molecule has 2 heteroatoms. The van der Waals surface area contributed by atoms with Gasteiger partial charge in [-0.15, -0.1) is 0 Å². The Morgan fingerprint density at radius 1 is 1.40 bits per heavy atom. The van der Waals surface area contributed by atoms with E-state index in [1.54, 1.807) is 0 Å². The molecule has 1 aliphatic rings. The van der Waals surface area contributed by atoms with Crippen LogP contribution in [-0.2, 0) is 5.75 Å². The van der Waals surface area contributed by atoms with Crippen molar-refractivity contribution in [3.63, 3.8) is 0 Å². The summed E-state index contributed by atoms with van der Waals surface area (Å²) in [6, 6.07) is 8.84. The number of hydrogen-bond acceptors (Lipinski definition) is 1. The minimum atomic E-state index is 0.647. The summed E-state index contributed by atoms with van der Waals surface area (Å²) in [5.41, 5.74) is 3.48. The Morgan fingerprint density at radius 2 is 2.20 bits per heavy atom. The van der Waals surface area contributed by atoms with Crippen molar-refractivity contribution in [2.45, 2.75) is 25.5 Å². The van der Waals surface area contributed by atoms with Crippen LogP contribution in [0.15, 0.2) is 24.3 Å². The maximum atomic E-state index is 3.62. The normalized spacial score (nSPS) is 17.7. The lowest BCUT2D eigenvalue weighted by Gasteiger charge is -2.10. The number of halogens is 1. The summed E-state index contributed by atoms with van der Waals surface area (Å²) in [4.78, 5) is 0. The predicted molar refractivity (Wildman–Crippen MR) is 72.8 cm³/mol. The maximum Gasteiger partial charge on any atom is 0.0184 e. The lowest BCUT2D eigenvalue weighted by Crippen LogP contribution is -2.05. The van der Waals surface area contributed by atoms with Gasteiger partial charge in [0.2, 0.25) is 0 Å². The van der Waals surface area contributed by atoms with E-state index in [0.29, 0.717) is 5.41 Å². The largest absolute Gasteiger partial charge is 0.157 e. The first-order valence-corrected chi connectivity index (χ1v) is 7.71. The molecule has 1 aliphatic carbocycles. The van der Waals surface area contributed by atoms with Crippen LogP contribution in [0.4, 0.5) is 0 Å². The Kier molecular flexibility index (Phi) is 3.78. The Bertz CT molecular complexity index is 331. The first-order chi connectivity index (χ1) is 7.24. The van der Waals surface area contributed by atoms with E-state index in [1.807, 2.05) is 0 Å². The van der Waals surface area contributed by atoms with Gasteiger partial charge in [-0.1, -0.05) is 45.8 Å². The fourth-order valence-corrected chi connectivity index (χ4v) is 4.04. The molecule has 0 saturated heterocycles. The van der Waals surface area contributed by atoms with Crippen molar-refractivity contribution in [3.8, 4) is 0 Å². The van der Waals surface area contributed by atoms with Crippen LogP contribution >= 0.6 is 27.7 Å². The Labute approximate surface area is 105 Å². The van der Waals surface area contributed by atoms with Crippen molar-refractivity contribution >= 4 is 27.7 Å². The highest BCUT2D eigenvalue weighted by molar-refractivity contribution is 9.09. The number of hydrogen-bond donors (Lipinski definition) is 0. The second kappa shape index (κ2) is 4.92. The molecule has 0 aliphatic heterocycles. The molecule has 0 bridgehead atoms. The second-order valence-electron chi connectivity index (χ2n) is 4.62. The van der Waals surface area contributed by atoms with E-state index in [9.17, 15) is 0 Å². The summed E-state index contributed by atoms with van der Waals surface area (Å²) in [6.07, 6.45) is 2.83. The fourth-order valence-electron chi connectivity index (χ4n) is 1.68. The van der Waals surface area contributed by atoms with Crippen LogP contribution in [0.5, 0.6) is 0 Å². The Morgan fingerprint density at radius 3 is 2.80 bits per heavy atom. The molecule has 1 aromatic rings. The summed E-state index contributed by atoms with van der Waals surface area (Å²) < 4.78 is 0. The van der Waals surface area contributed by atoms with Crippen LogP contribution in [0.3, 0.4) is 0 Å². The van der Waals surface area contributed by atoms with Crippen LogP contribution in [0.25, 0.3) is 0 Å². The molecular weight excluding hydrogens is 268 g/mol. The van der Waals surface area contributed by atoms with Crippen molar-refractivity contribution in [3.05, 3.63) is 35.4 Å². The predicted octanol–water partition coefficient (Wildman–Crippen LogP) is 4.40. The Balaban J connectivity index is 1.78. The van der Waals surface area contributed by atoms with Gasteiger partial charge >= 0.3 is 0 Å². The molecular formula is C13H17BrS. The van der Waals surface area contributed by atoms with Gasteiger partial charge in [0, 0.05) is 16.8 Å². The van der Waals surface area contributed by atoms with Crippen molar-refractivity contribution in [1.82, 2.24) is 0 Å². The number of benzene rings is 1. The van der Waals surface area contributed by atoms with Crippen LogP contribution in [0.2, 0.25) is 0 Å². The fraction of sp³-hybridized carbons (Fsp3) is 0.538. The SMILES string of the molecule is Cc1cccc(CSCC2(CBr)CC2)c1. The highest BCUT2D eigenvalue weighted by Gasteiger charge is 2.40. The zero-order valence-electron chi connectivity index (χ0n) is 9.13.